The van der Waals surface area contributed by atoms with Crippen LogP contribution in [0, 0.1) is 0 Å². The number of rotatable bonds is 5. The monoisotopic (exact) mass is 473 g/mol. The van der Waals surface area contributed by atoms with E-state index in [0.29, 0.717) is 6.54 Å². The first-order valence-corrected chi connectivity index (χ1v) is 8.89. The van der Waals surface area contributed by atoms with Gasteiger partial charge in [-0.25, -0.2) is 0 Å². The van der Waals surface area contributed by atoms with Gasteiger partial charge in [-0.3, -0.25) is 4.99 Å². The second-order valence-corrected chi connectivity index (χ2v) is 6.34. The molecule has 4 rings (SSSR count). The van der Waals surface area contributed by atoms with E-state index >= 15 is 0 Å². The largest absolute Gasteiger partial charge is 0.361 e. The number of hydrogen-bond acceptors (Lipinski definition) is 1. The van der Waals surface area contributed by atoms with Gasteiger partial charge in [-0.1, -0.05) is 36.4 Å². The zero-order valence-electron chi connectivity index (χ0n) is 15.3. The minimum Gasteiger partial charge on any atom is -0.361 e. The van der Waals surface area contributed by atoms with Gasteiger partial charge in [0.05, 0.1) is 6.54 Å². The molecule has 140 valence electrons. The van der Waals surface area contributed by atoms with Crippen LogP contribution in [0.4, 0.5) is 0 Å². The molecule has 4 N–H and O–H groups in total. The highest BCUT2D eigenvalue weighted by atomic mass is 127. The SMILES string of the molecule is CN=C(NCCc1c[nH]c2ccccc12)NCc1cc2ccccc2[nH]1.I. The molecule has 0 amide bonds. The van der Waals surface area contributed by atoms with Gasteiger partial charge in [0.15, 0.2) is 5.96 Å². The summed E-state index contributed by atoms with van der Waals surface area (Å²) in [5.41, 5.74) is 4.81. The van der Waals surface area contributed by atoms with E-state index in [1.54, 1.807) is 7.05 Å². The van der Waals surface area contributed by atoms with Crippen LogP contribution in [0.3, 0.4) is 0 Å². The number of aromatic amines is 2. The van der Waals surface area contributed by atoms with Gasteiger partial charge >= 0.3 is 0 Å². The third kappa shape index (κ3) is 4.44. The molecule has 5 nitrogen and oxygen atoms in total. The molecule has 0 radical (unpaired) electrons. The summed E-state index contributed by atoms with van der Waals surface area (Å²) >= 11 is 0. The fourth-order valence-corrected chi connectivity index (χ4v) is 3.28. The lowest BCUT2D eigenvalue weighted by Crippen LogP contribution is -2.37. The van der Waals surface area contributed by atoms with Crippen molar-refractivity contribution in [1.29, 1.82) is 0 Å². The highest BCUT2D eigenvalue weighted by molar-refractivity contribution is 14.0. The highest BCUT2D eigenvalue weighted by Gasteiger charge is 2.04. The van der Waals surface area contributed by atoms with E-state index in [0.717, 1.165) is 30.1 Å². The van der Waals surface area contributed by atoms with Crippen molar-refractivity contribution in [3.05, 3.63) is 72.1 Å². The third-order valence-corrected chi connectivity index (χ3v) is 4.62. The zero-order chi connectivity index (χ0) is 17.8. The van der Waals surface area contributed by atoms with Crippen molar-refractivity contribution in [1.82, 2.24) is 20.6 Å². The molecule has 4 aromatic rings. The maximum absolute atomic E-state index is 4.31. The number of nitrogens with one attached hydrogen (secondary N) is 4. The first-order valence-electron chi connectivity index (χ1n) is 8.89. The van der Waals surface area contributed by atoms with E-state index in [1.165, 1.54) is 21.9 Å². The predicted octanol–water partition coefficient (Wildman–Crippen LogP) is 4.17. The molecule has 0 aliphatic heterocycles. The van der Waals surface area contributed by atoms with E-state index < -0.39 is 0 Å². The molecule has 0 fully saturated rings. The smallest absolute Gasteiger partial charge is 0.191 e. The van der Waals surface area contributed by atoms with Gasteiger partial charge in [0.2, 0.25) is 0 Å². The second-order valence-electron chi connectivity index (χ2n) is 6.34. The Bertz CT molecular complexity index is 1010. The summed E-state index contributed by atoms with van der Waals surface area (Å²) in [5.74, 6) is 0.809. The molecule has 27 heavy (non-hydrogen) atoms. The molecular weight excluding hydrogens is 449 g/mol. The molecule has 2 heterocycles. The molecule has 0 unspecified atom stereocenters. The third-order valence-electron chi connectivity index (χ3n) is 4.62. The zero-order valence-corrected chi connectivity index (χ0v) is 17.6. The van der Waals surface area contributed by atoms with Crippen LogP contribution in [0.25, 0.3) is 21.8 Å². The number of para-hydroxylation sites is 2. The first kappa shape index (κ1) is 19.3. The Labute approximate surface area is 175 Å². The Morgan fingerprint density at radius 2 is 1.78 bits per heavy atom. The lowest BCUT2D eigenvalue weighted by Gasteiger charge is -2.11. The summed E-state index contributed by atoms with van der Waals surface area (Å²) in [6.07, 6.45) is 3.03. The molecule has 2 aromatic carbocycles. The van der Waals surface area contributed by atoms with Crippen LogP contribution in [-0.4, -0.2) is 29.5 Å². The van der Waals surface area contributed by atoms with Crippen molar-refractivity contribution in [2.45, 2.75) is 13.0 Å². The summed E-state index contributed by atoms with van der Waals surface area (Å²) in [4.78, 5) is 11.1. The van der Waals surface area contributed by atoms with Crippen molar-refractivity contribution in [2.24, 2.45) is 4.99 Å². The lowest BCUT2D eigenvalue weighted by atomic mass is 10.1. The van der Waals surface area contributed by atoms with Crippen molar-refractivity contribution in [2.75, 3.05) is 13.6 Å². The molecule has 0 aliphatic carbocycles. The van der Waals surface area contributed by atoms with Gasteiger partial charge in [0, 0.05) is 41.9 Å². The van der Waals surface area contributed by atoms with Crippen molar-refractivity contribution >= 4 is 51.7 Å². The quantitative estimate of drug-likeness (QED) is 0.200. The highest BCUT2D eigenvalue weighted by Crippen LogP contribution is 2.17. The number of nitrogens with zero attached hydrogens (tertiary/aromatic N) is 1. The van der Waals surface area contributed by atoms with E-state index in [2.05, 4.69) is 80.3 Å². The number of H-pyrrole nitrogens is 2. The van der Waals surface area contributed by atoms with Crippen LogP contribution in [0.5, 0.6) is 0 Å². The fraction of sp³-hybridized carbons (Fsp3) is 0.190. The van der Waals surface area contributed by atoms with Gasteiger partial charge in [0.1, 0.15) is 0 Å². The number of guanidine groups is 1. The minimum atomic E-state index is 0. The Balaban J connectivity index is 0.00000210. The molecule has 0 saturated carbocycles. The molecule has 0 atom stereocenters. The van der Waals surface area contributed by atoms with Crippen molar-refractivity contribution in [3.8, 4) is 0 Å². The molecule has 0 saturated heterocycles. The molecule has 0 aliphatic rings. The molecule has 2 aromatic heterocycles. The lowest BCUT2D eigenvalue weighted by molar-refractivity contribution is 0.789. The van der Waals surface area contributed by atoms with E-state index in [4.69, 9.17) is 0 Å². The Morgan fingerprint density at radius 3 is 2.59 bits per heavy atom. The van der Waals surface area contributed by atoms with Crippen LogP contribution in [0.1, 0.15) is 11.3 Å². The predicted molar refractivity (Wildman–Crippen MR) is 124 cm³/mol. The summed E-state index contributed by atoms with van der Waals surface area (Å²) in [6, 6.07) is 18.9. The Kier molecular flexibility index (Phi) is 6.39. The number of fused-ring (bicyclic) bond motifs is 2. The van der Waals surface area contributed by atoms with E-state index in [1.807, 2.05) is 6.07 Å². The number of hydrogen-bond donors (Lipinski definition) is 4. The maximum atomic E-state index is 4.31. The summed E-state index contributed by atoms with van der Waals surface area (Å²) in [6.45, 7) is 1.54. The summed E-state index contributed by atoms with van der Waals surface area (Å²) in [7, 11) is 1.80. The van der Waals surface area contributed by atoms with Crippen LogP contribution in [0.15, 0.2) is 65.8 Å². The van der Waals surface area contributed by atoms with Gasteiger partial charge in [-0.05, 0) is 35.6 Å². The van der Waals surface area contributed by atoms with Gasteiger partial charge in [0.25, 0.3) is 0 Å². The number of aliphatic imine (C=N–C) groups is 1. The molecule has 6 heteroatoms. The van der Waals surface area contributed by atoms with Crippen LogP contribution >= 0.6 is 24.0 Å². The second kappa shape index (κ2) is 8.94. The number of benzene rings is 2. The maximum Gasteiger partial charge on any atom is 0.191 e. The number of aromatic nitrogens is 2. The van der Waals surface area contributed by atoms with E-state index in [9.17, 15) is 0 Å². The Hall–Kier alpha value is -2.48. The van der Waals surface area contributed by atoms with Gasteiger partial charge in [-0.2, -0.15) is 0 Å². The van der Waals surface area contributed by atoms with Crippen LogP contribution in [0.2, 0.25) is 0 Å². The Morgan fingerprint density at radius 1 is 1.00 bits per heavy atom. The van der Waals surface area contributed by atoms with Crippen LogP contribution in [-0.2, 0) is 13.0 Å². The minimum absolute atomic E-state index is 0. The summed E-state index contributed by atoms with van der Waals surface area (Å²) in [5, 5.41) is 9.27. The fourth-order valence-electron chi connectivity index (χ4n) is 3.28. The van der Waals surface area contributed by atoms with Crippen molar-refractivity contribution < 1.29 is 0 Å². The van der Waals surface area contributed by atoms with Crippen LogP contribution < -0.4 is 10.6 Å². The summed E-state index contributed by atoms with van der Waals surface area (Å²) < 4.78 is 0. The first-order chi connectivity index (χ1) is 12.8. The topological polar surface area (TPSA) is 68.0 Å². The van der Waals surface area contributed by atoms with Gasteiger partial charge in [-0.15, -0.1) is 24.0 Å². The van der Waals surface area contributed by atoms with Crippen molar-refractivity contribution in [3.63, 3.8) is 0 Å². The molecular formula is C21H24IN5. The average molecular weight is 473 g/mol. The average Bonchev–Trinajstić information content (AvgIpc) is 3.28. The molecule has 0 bridgehead atoms. The standard InChI is InChI=1S/C21H23N5.HI/c1-22-21(25-14-17-12-15-6-2-4-8-19(15)26-17)23-11-10-16-13-24-20-9-5-3-7-18(16)20;/h2-9,12-13,24,26H,10-11,14H2,1H3,(H2,22,23,25);1H. The molecule has 0 spiro atoms. The normalized spacial score (nSPS) is 11.5. The van der Waals surface area contributed by atoms with E-state index in [-0.39, 0.29) is 24.0 Å². The number of halogens is 1. The van der Waals surface area contributed by atoms with Gasteiger partial charge < -0.3 is 20.6 Å².